The highest BCUT2D eigenvalue weighted by molar-refractivity contribution is 14.0. The maximum Gasteiger partial charge on any atom is 0.193 e. The highest BCUT2D eigenvalue weighted by Gasteiger charge is 2.30. The summed E-state index contributed by atoms with van der Waals surface area (Å²) >= 11 is 1.90. The largest absolute Gasteiger partial charge is 0.379 e. The summed E-state index contributed by atoms with van der Waals surface area (Å²) in [5.74, 6) is 1.04. The third-order valence-corrected chi connectivity index (χ3v) is 5.98. The Morgan fingerprint density at radius 1 is 1.27 bits per heavy atom. The fourth-order valence-electron chi connectivity index (χ4n) is 3.52. The van der Waals surface area contributed by atoms with E-state index in [2.05, 4.69) is 57.4 Å². The van der Waals surface area contributed by atoms with Crippen LogP contribution in [0.2, 0.25) is 0 Å². The van der Waals surface area contributed by atoms with E-state index in [1.54, 1.807) is 0 Å². The van der Waals surface area contributed by atoms with Crippen LogP contribution in [0.4, 0.5) is 0 Å². The fraction of sp³-hybridized carbons (Fsp3) is 0.632. The monoisotopic (exact) mass is 490 g/mol. The molecule has 0 saturated carbocycles. The van der Waals surface area contributed by atoms with Crippen LogP contribution in [0.5, 0.6) is 0 Å². The first kappa shape index (κ1) is 21.8. The van der Waals surface area contributed by atoms with Gasteiger partial charge < -0.3 is 15.0 Å². The number of halogens is 1. The fourth-order valence-corrected chi connectivity index (χ4v) is 4.46. The Bertz CT molecular complexity index is 554. The van der Waals surface area contributed by atoms with Gasteiger partial charge in [-0.2, -0.15) is 0 Å². The highest BCUT2D eigenvalue weighted by atomic mass is 127. The van der Waals surface area contributed by atoms with Crippen LogP contribution in [0.3, 0.4) is 0 Å². The molecule has 26 heavy (non-hydrogen) atoms. The smallest absolute Gasteiger partial charge is 0.193 e. The second-order valence-corrected chi connectivity index (χ2v) is 8.22. The lowest BCUT2D eigenvalue weighted by Crippen LogP contribution is -2.47. The molecule has 7 heteroatoms. The van der Waals surface area contributed by atoms with Crippen molar-refractivity contribution < 1.29 is 4.74 Å². The summed E-state index contributed by atoms with van der Waals surface area (Å²) in [5.41, 5.74) is 0. The zero-order valence-electron chi connectivity index (χ0n) is 15.8. The maximum atomic E-state index is 5.47. The average molecular weight is 490 g/mol. The van der Waals surface area contributed by atoms with Crippen LogP contribution in [0, 0.1) is 0 Å². The molecule has 2 heterocycles. The summed E-state index contributed by atoms with van der Waals surface area (Å²) in [7, 11) is 1.89. The van der Waals surface area contributed by atoms with E-state index in [0.717, 1.165) is 51.9 Å². The van der Waals surface area contributed by atoms with Gasteiger partial charge in [0.05, 0.1) is 13.2 Å². The molecule has 0 spiro atoms. The molecule has 0 amide bonds. The van der Waals surface area contributed by atoms with Crippen molar-refractivity contribution in [1.82, 2.24) is 15.1 Å². The Balaban J connectivity index is 0.00000243. The second kappa shape index (κ2) is 11.4. The van der Waals surface area contributed by atoms with Crippen molar-refractivity contribution in [1.29, 1.82) is 0 Å². The molecule has 0 radical (unpaired) electrons. The summed E-state index contributed by atoms with van der Waals surface area (Å²) in [6.07, 6.45) is 1.22. The van der Waals surface area contributed by atoms with Gasteiger partial charge in [-0.15, -0.1) is 35.7 Å². The number of rotatable bonds is 5. The second-order valence-electron chi connectivity index (χ2n) is 6.71. The summed E-state index contributed by atoms with van der Waals surface area (Å²) < 4.78 is 5.47. The van der Waals surface area contributed by atoms with Crippen LogP contribution < -0.4 is 5.32 Å². The van der Waals surface area contributed by atoms with E-state index in [4.69, 9.17) is 4.74 Å². The van der Waals surface area contributed by atoms with Crippen LogP contribution in [0.1, 0.15) is 13.3 Å². The van der Waals surface area contributed by atoms with E-state index in [0.29, 0.717) is 11.3 Å². The van der Waals surface area contributed by atoms with Gasteiger partial charge >= 0.3 is 0 Å². The summed E-state index contributed by atoms with van der Waals surface area (Å²) in [6.45, 7) is 9.21. The molecule has 2 aliphatic rings. The van der Waals surface area contributed by atoms with Crippen LogP contribution in [-0.4, -0.2) is 80.0 Å². The van der Waals surface area contributed by atoms with Crippen molar-refractivity contribution in [2.45, 2.75) is 29.5 Å². The predicted octanol–water partition coefficient (Wildman–Crippen LogP) is 2.77. The Morgan fingerprint density at radius 3 is 2.69 bits per heavy atom. The number of hydrogen-bond donors (Lipinski definition) is 1. The average Bonchev–Trinajstić information content (AvgIpc) is 3.14. The molecule has 0 aliphatic carbocycles. The lowest BCUT2D eigenvalue weighted by atomic mass is 10.2. The topological polar surface area (TPSA) is 40.1 Å². The highest BCUT2D eigenvalue weighted by Crippen LogP contribution is 2.22. The number of thioether (sulfide) groups is 1. The number of aliphatic imine (C=N–C) groups is 1. The zero-order valence-corrected chi connectivity index (χ0v) is 18.9. The molecule has 3 rings (SSSR count). The molecule has 2 atom stereocenters. The molecule has 2 fully saturated rings. The first-order chi connectivity index (χ1) is 12.3. The third-order valence-electron chi connectivity index (χ3n) is 4.86. The van der Waals surface area contributed by atoms with Gasteiger partial charge in [0.2, 0.25) is 0 Å². The van der Waals surface area contributed by atoms with E-state index in [9.17, 15) is 0 Å². The molecular weight excluding hydrogens is 459 g/mol. The zero-order chi connectivity index (χ0) is 17.5. The number of ether oxygens (including phenoxy) is 1. The molecule has 0 bridgehead atoms. The van der Waals surface area contributed by atoms with Gasteiger partial charge in [0, 0.05) is 56.0 Å². The van der Waals surface area contributed by atoms with Crippen LogP contribution in [-0.2, 0) is 4.74 Å². The van der Waals surface area contributed by atoms with E-state index in [1.807, 2.05) is 18.8 Å². The lowest BCUT2D eigenvalue weighted by molar-refractivity contribution is 0.0195. The normalized spacial score (nSPS) is 22.8. The van der Waals surface area contributed by atoms with E-state index >= 15 is 0 Å². The SMILES string of the molecule is CN=C(NCC(C)Sc1ccccc1)N1CCC(N2CCOCC2)C1.I. The van der Waals surface area contributed by atoms with Gasteiger partial charge in [-0.25, -0.2) is 0 Å². The first-order valence-corrected chi connectivity index (χ1v) is 10.1. The number of likely N-dealkylation sites (tertiary alicyclic amines) is 1. The number of guanidine groups is 1. The predicted molar refractivity (Wildman–Crippen MR) is 121 cm³/mol. The van der Waals surface area contributed by atoms with Gasteiger partial charge in [-0.05, 0) is 18.6 Å². The van der Waals surface area contributed by atoms with Crippen LogP contribution >= 0.6 is 35.7 Å². The van der Waals surface area contributed by atoms with Crippen molar-refractivity contribution >= 4 is 41.7 Å². The van der Waals surface area contributed by atoms with E-state index < -0.39 is 0 Å². The molecule has 146 valence electrons. The third kappa shape index (κ3) is 6.28. The van der Waals surface area contributed by atoms with E-state index in [1.165, 1.54) is 11.3 Å². The molecule has 2 aliphatic heterocycles. The molecule has 2 saturated heterocycles. The van der Waals surface area contributed by atoms with Gasteiger partial charge in [-0.1, -0.05) is 25.1 Å². The van der Waals surface area contributed by atoms with E-state index in [-0.39, 0.29) is 24.0 Å². The quantitative estimate of drug-likeness (QED) is 0.298. The van der Waals surface area contributed by atoms with Gasteiger partial charge in [0.25, 0.3) is 0 Å². The molecular formula is C19H31IN4OS. The van der Waals surface area contributed by atoms with Crippen LogP contribution in [0.25, 0.3) is 0 Å². The lowest BCUT2D eigenvalue weighted by Gasteiger charge is -2.32. The molecule has 2 unspecified atom stereocenters. The van der Waals surface area contributed by atoms with Crippen molar-refractivity contribution in [3.8, 4) is 0 Å². The van der Waals surface area contributed by atoms with Crippen molar-refractivity contribution in [2.24, 2.45) is 4.99 Å². The Kier molecular flexibility index (Phi) is 9.52. The number of morpholine rings is 1. The molecule has 1 aromatic carbocycles. The number of benzene rings is 1. The van der Waals surface area contributed by atoms with Gasteiger partial charge in [-0.3, -0.25) is 9.89 Å². The minimum Gasteiger partial charge on any atom is -0.379 e. The summed E-state index contributed by atoms with van der Waals surface area (Å²) in [6, 6.07) is 11.2. The van der Waals surface area contributed by atoms with Crippen molar-refractivity contribution in [3.05, 3.63) is 30.3 Å². The minimum atomic E-state index is 0. The number of nitrogens with zero attached hydrogens (tertiary/aromatic N) is 3. The molecule has 1 aromatic rings. The maximum absolute atomic E-state index is 5.47. The molecule has 5 nitrogen and oxygen atoms in total. The van der Waals surface area contributed by atoms with Gasteiger partial charge in [0.15, 0.2) is 5.96 Å². The first-order valence-electron chi connectivity index (χ1n) is 9.25. The van der Waals surface area contributed by atoms with Crippen molar-refractivity contribution in [2.75, 3.05) is 53.0 Å². The standard InChI is InChI=1S/C19H30N4OS.HI/c1-16(25-18-6-4-3-5-7-18)14-21-19(20-2)23-9-8-17(15-23)22-10-12-24-13-11-22;/h3-7,16-17H,8-15H2,1-2H3,(H,20,21);1H. The Hall–Kier alpha value is -0.510. The Morgan fingerprint density at radius 2 is 2.00 bits per heavy atom. The van der Waals surface area contributed by atoms with Crippen LogP contribution in [0.15, 0.2) is 40.2 Å². The summed E-state index contributed by atoms with van der Waals surface area (Å²) in [5, 5.41) is 4.06. The van der Waals surface area contributed by atoms with Gasteiger partial charge in [0.1, 0.15) is 0 Å². The number of nitrogens with one attached hydrogen (secondary N) is 1. The Labute approximate surface area is 179 Å². The summed E-state index contributed by atoms with van der Waals surface area (Å²) in [4.78, 5) is 10.8. The molecule has 1 N–H and O–H groups in total. The molecule has 0 aromatic heterocycles. The minimum absolute atomic E-state index is 0. The van der Waals surface area contributed by atoms with Crippen molar-refractivity contribution in [3.63, 3.8) is 0 Å². The number of hydrogen-bond acceptors (Lipinski definition) is 4.